The van der Waals surface area contributed by atoms with Crippen LogP contribution in [0.3, 0.4) is 0 Å². The van der Waals surface area contributed by atoms with E-state index >= 15 is 0 Å². The molecular formula is C50H46N10O9. The summed E-state index contributed by atoms with van der Waals surface area (Å²) in [4.78, 5) is 81.4. The number of fused-ring (bicyclic) bond motifs is 5. The monoisotopic (exact) mass is 930 g/mol. The zero-order chi connectivity index (χ0) is 49.0. The zero-order valence-electron chi connectivity index (χ0n) is 37.3. The number of carbonyl (C=O) groups is 6. The molecule has 0 spiro atoms. The number of nitrogens with one attached hydrogen (secondary N) is 7. The van der Waals surface area contributed by atoms with Gasteiger partial charge in [-0.05, 0) is 78.2 Å². The Hall–Kier alpha value is -9.52. The Kier molecular flexibility index (Phi) is 14.9. The van der Waals surface area contributed by atoms with Crippen molar-refractivity contribution in [2.24, 2.45) is 10.2 Å². The van der Waals surface area contributed by atoms with Gasteiger partial charge in [0.05, 0.1) is 29.9 Å². The molecule has 6 amide bonds. The minimum absolute atomic E-state index is 0.00198. The number of rotatable bonds is 17. The molecule has 350 valence electrons. The maximum atomic E-state index is 14.1. The van der Waals surface area contributed by atoms with Crippen LogP contribution in [-0.2, 0) is 19.1 Å². The number of phenols is 1. The predicted molar refractivity (Wildman–Crippen MR) is 265 cm³/mol. The van der Waals surface area contributed by atoms with Crippen LogP contribution < -0.4 is 36.8 Å². The van der Waals surface area contributed by atoms with Crippen molar-refractivity contribution >= 4 is 108 Å². The molecule has 8 N–H and O–H groups in total. The van der Waals surface area contributed by atoms with Gasteiger partial charge in [-0.25, -0.2) is 19.2 Å². The lowest BCUT2D eigenvalue weighted by Gasteiger charge is -2.14. The maximum Gasteiger partial charge on any atom is 0.330 e. The second-order valence-corrected chi connectivity index (χ2v) is 15.3. The lowest BCUT2D eigenvalue weighted by Crippen LogP contribution is -2.33. The zero-order valence-corrected chi connectivity index (χ0v) is 37.3. The summed E-state index contributed by atoms with van der Waals surface area (Å²) in [6, 6.07) is 29.5. The van der Waals surface area contributed by atoms with E-state index in [0.29, 0.717) is 22.0 Å². The minimum atomic E-state index is -0.709. The molecule has 7 rings (SSSR count). The molecule has 69 heavy (non-hydrogen) atoms. The van der Waals surface area contributed by atoms with Crippen molar-refractivity contribution < 1.29 is 43.3 Å². The summed E-state index contributed by atoms with van der Waals surface area (Å²) in [5, 5.41) is 39.7. The van der Waals surface area contributed by atoms with Crippen LogP contribution in [0.5, 0.6) is 5.75 Å². The van der Waals surface area contributed by atoms with Crippen LogP contribution in [0, 0.1) is 0 Å². The highest BCUT2D eigenvalue weighted by molar-refractivity contribution is 6.22. The lowest BCUT2D eigenvalue weighted by molar-refractivity contribution is -0.138. The van der Waals surface area contributed by atoms with Crippen molar-refractivity contribution in [2.75, 3.05) is 66.6 Å². The van der Waals surface area contributed by atoms with Gasteiger partial charge in [0, 0.05) is 81.9 Å². The van der Waals surface area contributed by atoms with E-state index in [9.17, 15) is 33.9 Å². The molecule has 19 nitrogen and oxygen atoms in total. The molecule has 0 atom stereocenters. The Morgan fingerprint density at radius 3 is 1.86 bits per heavy atom. The largest absolute Gasteiger partial charge is 0.505 e. The Labute approximate surface area is 394 Å². The van der Waals surface area contributed by atoms with Gasteiger partial charge in [0.25, 0.3) is 11.8 Å². The van der Waals surface area contributed by atoms with E-state index in [4.69, 9.17) is 9.47 Å². The van der Waals surface area contributed by atoms with Crippen LogP contribution in [0.1, 0.15) is 20.7 Å². The number of ether oxygens (including phenoxy) is 2. The van der Waals surface area contributed by atoms with Gasteiger partial charge in [-0.1, -0.05) is 49.6 Å². The first kappa shape index (κ1) is 47.4. The molecule has 0 aliphatic carbocycles. The fraction of sp³-hybridized carbons (Fsp3) is 0.120. The highest BCUT2D eigenvalue weighted by Gasteiger charge is 2.22. The molecule has 1 heterocycles. The first-order chi connectivity index (χ1) is 33.3. The molecule has 0 aliphatic rings. The second-order valence-electron chi connectivity index (χ2n) is 15.3. The van der Waals surface area contributed by atoms with E-state index in [1.165, 1.54) is 24.3 Å². The third-order valence-electron chi connectivity index (χ3n) is 10.3. The molecule has 6 aromatic carbocycles. The Morgan fingerprint density at radius 1 is 0.652 bits per heavy atom. The number of nitrogens with zero attached hydrogens (tertiary/aromatic N) is 3. The van der Waals surface area contributed by atoms with Gasteiger partial charge in [0.1, 0.15) is 18.9 Å². The SMILES string of the molecule is C=CC(=O)OCCNC(=O)Nc1cc(NC(=O)NCCOC(=O)C=C)cc(C(=O)Nc2cccc(NC(=O)c3cc4ccc5c6ccccc6[nH]c5c4c(N=Nc4ccc(N(C)C)cc4)c3O)c2)c1. The van der Waals surface area contributed by atoms with E-state index in [0.717, 1.165) is 34.1 Å². The third kappa shape index (κ3) is 11.8. The number of esters is 2. The molecule has 0 saturated heterocycles. The number of hydrogen-bond donors (Lipinski definition) is 8. The van der Waals surface area contributed by atoms with Gasteiger partial charge < -0.3 is 56.4 Å². The predicted octanol–water partition coefficient (Wildman–Crippen LogP) is 8.87. The number of para-hydroxylation sites is 1. The van der Waals surface area contributed by atoms with Crippen molar-refractivity contribution in [2.45, 2.75) is 0 Å². The number of hydrogen-bond acceptors (Lipinski definition) is 12. The molecular weight excluding hydrogens is 885 g/mol. The van der Waals surface area contributed by atoms with Crippen molar-refractivity contribution in [1.29, 1.82) is 0 Å². The first-order valence-corrected chi connectivity index (χ1v) is 21.2. The smallest absolute Gasteiger partial charge is 0.330 e. The molecule has 0 unspecified atom stereocenters. The fourth-order valence-electron chi connectivity index (χ4n) is 7.06. The number of carbonyl (C=O) groups excluding carboxylic acids is 6. The van der Waals surface area contributed by atoms with E-state index in [-0.39, 0.29) is 65.9 Å². The van der Waals surface area contributed by atoms with Gasteiger partial charge in [0.15, 0.2) is 5.75 Å². The Bertz CT molecular complexity index is 3120. The molecule has 0 bridgehead atoms. The van der Waals surface area contributed by atoms with E-state index in [2.05, 4.69) is 60.3 Å². The summed E-state index contributed by atoms with van der Waals surface area (Å²) in [6.45, 7) is 6.27. The average molecular weight is 931 g/mol. The van der Waals surface area contributed by atoms with Crippen LogP contribution in [0.2, 0.25) is 0 Å². The molecule has 0 radical (unpaired) electrons. The summed E-state index contributed by atoms with van der Waals surface area (Å²) < 4.78 is 9.74. The van der Waals surface area contributed by atoms with Crippen molar-refractivity contribution in [3.8, 4) is 5.75 Å². The third-order valence-corrected chi connectivity index (χ3v) is 10.3. The summed E-state index contributed by atoms with van der Waals surface area (Å²) in [7, 11) is 3.85. The van der Waals surface area contributed by atoms with Gasteiger partial charge in [-0.2, -0.15) is 5.11 Å². The van der Waals surface area contributed by atoms with Crippen LogP contribution in [0.4, 0.5) is 49.4 Å². The average Bonchev–Trinajstić information content (AvgIpc) is 3.72. The first-order valence-electron chi connectivity index (χ1n) is 21.2. The molecule has 19 heteroatoms. The number of azo groups is 1. The number of urea groups is 2. The van der Waals surface area contributed by atoms with Gasteiger partial charge in [-0.15, -0.1) is 5.11 Å². The van der Waals surface area contributed by atoms with Crippen molar-refractivity contribution in [3.05, 3.63) is 146 Å². The van der Waals surface area contributed by atoms with E-state index in [1.807, 2.05) is 67.5 Å². The number of phenolic OH excluding ortho intramolecular Hbond substituents is 1. The van der Waals surface area contributed by atoms with Gasteiger partial charge in [0.2, 0.25) is 0 Å². The quantitative estimate of drug-likeness (QED) is 0.0186. The number of benzene rings is 6. The van der Waals surface area contributed by atoms with Crippen LogP contribution in [-0.4, -0.2) is 86.3 Å². The molecule has 0 saturated carbocycles. The topological polar surface area (TPSA) is 257 Å². The Balaban J connectivity index is 1.12. The number of aromatic nitrogens is 1. The van der Waals surface area contributed by atoms with Crippen LogP contribution in [0.15, 0.2) is 145 Å². The van der Waals surface area contributed by atoms with E-state index in [1.54, 1.807) is 36.4 Å². The fourth-order valence-corrected chi connectivity index (χ4v) is 7.06. The molecule has 1 aromatic heterocycles. The number of aromatic hydroxyl groups is 1. The van der Waals surface area contributed by atoms with Crippen LogP contribution >= 0.6 is 0 Å². The lowest BCUT2D eigenvalue weighted by atomic mass is 10.00. The van der Waals surface area contributed by atoms with E-state index < -0.39 is 41.6 Å². The summed E-state index contributed by atoms with van der Waals surface area (Å²) >= 11 is 0. The standard InChI is InChI=1S/C50H46N10O9/c1-5-41(61)68-22-20-51-49(66)55-34-24-30(25-35(28-34)56-50(67)52-21-23-69-42(62)6-2)47(64)53-32-10-9-11-33(27-32)54-48(65)39-26-29-14-19-38-37-12-7-8-13-40(37)57-44(38)43(29)45(46(39)63)59-58-31-15-17-36(18-16-31)60(3)4/h5-19,24-28,57,63H,1-2,20-23H2,3-4H3,(H,53,64)(H,54,65)(H2,51,55,66)(H2,52,56,67). The van der Waals surface area contributed by atoms with Crippen LogP contribution in [0.25, 0.3) is 32.6 Å². The number of aromatic amines is 1. The number of amides is 6. The summed E-state index contributed by atoms with van der Waals surface area (Å²) in [5.41, 5.74) is 3.78. The van der Waals surface area contributed by atoms with Gasteiger partial charge in [-0.3, -0.25) is 9.59 Å². The van der Waals surface area contributed by atoms with Crippen molar-refractivity contribution in [1.82, 2.24) is 15.6 Å². The summed E-state index contributed by atoms with van der Waals surface area (Å²) in [6.07, 6.45) is 1.97. The molecule has 7 aromatic rings. The van der Waals surface area contributed by atoms with Gasteiger partial charge >= 0.3 is 24.0 Å². The Morgan fingerprint density at radius 2 is 1.25 bits per heavy atom. The molecule has 0 aliphatic heterocycles. The second kappa shape index (κ2) is 21.6. The highest BCUT2D eigenvalue weighted by Crippen LogP contribution is 2.44. The molecule has 0 fully saturated rings. The normalized spacial score (nSPS) is 10.9. The number of H-pyrrole nitrogens is 1. The highest BCUT2D eigenvalue weighted by atomic mass is 16.5. The maximum absolute atomic E-state index is 14.1. The number of anilines is 5. The van der Waals surface area contributed by atoms with Crippen molar-refractivity contribution in [3.63, 3.8) is 0 Å². The minimum Gasteiger partial charge on any atom is -0.505 e. The summed E-state index contributed by atoms with van der Waals surface area (Å²) in [5.74, 6) is -3.07.